The van der Waals surface area contributed by atoms with E-state index in [4.69, 9.17) is 0 Å². The number of nitrogens with one attached hydrogen (secondary N) is 1. The highest BCUT2D eigenvalue weighted by molar-refractivity contribution is 8.01. The van der Waals surface area contributed by atoms with Gasteiger partial charge in [-0.3, -0.25) is 9.59 Å². The minimum absolute atomic E-state index is 0.0360. The molecule has 2 rings (SSSR count). The first kappa shape index (κ1) is 14.7. The highest BCUT2D eigenvalue weighted by Crippen LogP contribution is 2.26. The quantitative estimate of drug-likeness (QED) is 0.679. The molecular weight excluding hydrogens is 274 g/mol. The molecule has 0 fully saturated rings. The topological polar surface area (TPSA) is 59.2 Å². The number of rotatable bonds is 5. The minimum Gasteiger partial charge on any atom is -0.468 e. The first-order chi connectivity index (χ1) is 9.54. The van der Waals surface area contributed by atoms with Crippen molar-refractivity contribution in [3.63, 3.8) is 0 Å². The molecule has 1 atom stereocenters. The van der Waals surface area contributed by atoms with Gasteiger partial charge in [-0.1, -0.05) is 18.2 Å². The van der Waals surface area contributed by atoms with Crippen LogP contribution in [-0.2, 0) is 9.53 Å². The van der Waals surface area contributed by atoms with Crippen molar-refractivity contribution in [2.45, 2.75) is 19.1 Å². The molecule has 0 aliphatic heterocycles. The van der Waals surface area contributed by atoms with Gasteiger partial charge in [0.1, 0.15) is 0 Å². The molecule has 0 saturated heterocycles. The number of aromatic nitrogens is 1. The van der Waals surface area contributed by atoms with Gasteiger partial charge in [0.25, 0.3) is 0 Å². The summed E-state index contributed by atoms with van der Waals surface area (Å²) in [7, 11) is 1.35. The Bertz CT molecular complexity index is 648. The van der Waals surface area contributed by atoms with Gasteiger partial charge in [0, 0.05) is 22.2 Å². The van der Waals surface area contributed by atoms with Crippen molar-refractivity contribution < 1.29 is 14.3 Å². The van der Waals surface area contributed by atoms with Crippen LogP contribution in [0.3, 0.4) is 0 Å². The number of methoxy groups -OCH3 is 1. The maximum absolute atomic E-state index is 12.5. The second-order valence-electron chi connectivity index (χ2n) is 4.56. The van der Waals surface area contributed by atoms with Crippen molar-refractivity contribution in [1.29, 1.82) is 0 Å². The lowest BCUT2D eigenvalue weighted by Crippen LogP contribution is -2.17. The number of aryl methyl sites for hydroxylation is 1. The SMILES string of the molecule is COC(=O)CS[C@@H](C)C(=O)c1c(C)[nH]c2ccccc12. The maximum Gasteiger partial charge on any atom is 0.315 e. The third-order valence-electron chi connectivity index (χ3n) is 3.19. The van der Waals surface area contributed by atoms with Gasteiger partial charge in [-0.2, -0.15) is 0 Å². The molecule has 1 aromatic heterocycles. The molecule has 0 unspecified atom stereocenters. The largest absolute Gasteiger partial charge is 0.468 e. The van der Waals surface area contributed by atoms with Crippen molar-refractivity contribution >= 4 is 34.4 Å². The van der Waals surface area contributed by atoms with Crippen LogP contribution in [0.2, 0.25) is 0 Å². The summed E-state index contributed by atoms with van der Waals surface area (Å²) in [6.45, 7) is 3.71. The summed E-state index contributed by atoms with van der Waals surface area (Å²) in [4.78, 5) is 26.9. The number of para-hydroxylation sites is 1. The summed E-state index contributed by atoms with van der Waals surface area (Å²) < 4.78 is 4.59. The molecule has 0 bridgehead atoms. The van der Waals surface area contributed by atoms with E-state index in [1.54, 1.807) is 0 Å². The van der Waals surface area contributed by atoms with Crippen molar-refractivity contribution in [3.8, 4) is 0 Å². The Kier molecular flexibility index (Phi) is 4.49. The van der Waals surface area contributed by atoms with Crippen LogP contribution in [0, 0.1) is 6.92 Å². The van der Waals surface area contributed by atoms with Gasteiger partial charge < -0.3 is 9.72 Å². The van der Waals surface area contributed by atoms with Crippen LogP contribution in [0.5, 0.6) is 0 Å². The second-order valence-corrected chi connectivity index (χ2v) is 5.89. The number of ether oxygens (including phenoxy) is 1. The average Bonchev–Trinajstić information content (AvgIpc) is 2.79. The van der Waals surface area contributed by atoms with Crippen molar-refractivity contribution in [2.75, 3.05) is 12.9 Å². The van der Waals surface area contributed by atoms with E-state index in [2.05, 4.69) is 9.72 Å². The summed E-state index contributed by atoms with van der Waals surface area (Å²) in [6, 6.07) is 7.73. The number of hydrogen-bond acceptors (Lipinski definition) is 4. The number of Topliss-reactive ketones (excluding diaryl/α,β-unsaturated/α-hetero) is 1. The van der Waals surface area contributed by atoms with Crippen LogP contribution >= 0.6 is 11.8 Å². The van der Waals surface area contributed by atoms with E-state index in [0.29, 0.717) is 5.56 Å². The van der Waals surface area contributed by atoms with E-state index < -0.39 is 0 Å². The van der Waals surface area contributed by atoms with E-state index >= 15 is 0 Å². The molecule has 0 spiro atoms. The van der Waals surface area contributed by atoms with Gasteiger partial charge in [0.15, 0.2) is 5.78 Å². The third kappa shape index (κ3) is 2.88. The molecule has 0 aliphatic carbocycles. The molecule has 20 heavy (non-hydrogen) atoms. The summed E-state index contributed by atoms with van der Waals surface area (Å²) in [6.07, 6.45) is 0. The number of H-pyrrole nitrogens is 1. The molecule has 2 aromatic rings. The smallest absolute Gasteiger partial charge is 0.315 e. The molecule has 106 valence electrons. The molecule has 4 nitrogen and oxygen atoms in total. The zero-order valence-electron chi connectivity index (χ0n) is 11.7. The summed E-state index contributed by atoms with van der Waals surface area (Å²) >= 11 is 1.29. The van der Waals surface area contributed by atoms with Crippen molar-refractivity contribution in [1.82, 2.24) is 4.98 Å². The lowest BCUT2D eigenvalue weighted by atomic mass is 10.1. The zero-order chi connectivity index (χ0) is 14.7. The number of thioether (sulfide) groups is 1. The minimum atomic E-state index is -0.315. The number of carbonyl (C=O) groups excluding carboxylic acids is 2. The molecule has 0 saturated carbocycles. The van der Waals surface area contributed by atoms with E-state index in [0.717, 1.165) is 16.6 Å². The van der Waals surface area contributed by atoms with Crippen LogP contribution in [0.25, 0.3) is 10.9 Å². The van der Waals surface area contributed by atoms with Gasteiger partial charge in [-0.15, -0.1) is 11.8 Å². The number of carbonyl (C=O) groups is 2. The monoisotopic (exact) mass is 291 g/mol. The Hall–Kier alpha value is -1.75. The fourth-order valence-corrected chi connectivity index (χ4v) is 2.90. The van der Waals surface area contributed by atoms with Crippen molar-refractivity contribution in [3.05, 3.63) is 35.5 Å². The average molecular weight is 291 g/mol. The van der Waals surface area contributed by atoms with Gasteiger partial charge in [0.2, 0.25) is 0 Å². The van der Waals surface area contributed by atoms with E-state index in [-0.39, 0.29) is 22.8 Å². The van der Waals surface area contributed by atoms with Gasteiger partial charge >= 0.3 is 5.97 Å². The third-order valence-corrected chi connectivity index (χ3v) is 4.30. The summed E-state index contributed by atoms with van der Waals surface area (Å²) in [5, 5.41) is 0.646. The standard InChI is InChI=1S/C15H17NO3S/c1-9-14(11-6-4-5-7-12(11)16-9)15(18)10(2)20-8-13(17)19-3/h4-7,10,16H,8H2,1-3H3/t10-/m0/s1. The van der Waals surface area contributed by atoms with Crippen LogP contribution in [0.1, 0.15) is 23.0 Å². The lowest BCUT2D eigenvalue weighted by molar-refractivity contribution is -0.137. The number of hydrogen-bond donors (Lipinski definition) is 1. The zero-order valence-corrected chi connectivity index (χ0v) is 12.5. The summed E-state index contributed by atoms with van der Waals surface area (Å²) in [5.41, 5.74) is 2.53. The predicted molar refractivity (Wildman–Crippen MR) is 81.3 cm³/mol. The number of fused-ring (bicyclic) bond motifs is 1. The molecule has 0 amide bonds. The van der Waals surface area contributed by atoms with Crippen LogP contribution in [0.4, 0.5) is 0 Å². The first-order valence-electron chi connectivity index (χ1n) is 6.34. The highest BCUT2D eigenvalue weighted by Gasteiger charge is 2.22. The fourth-order valence-electron chi connectivity index (χ4n) is 2.13. The fraction of sp³-hybridized carbons (Fsp3) is 0.333. The maximum atomic E-state index is 12.5. The van der Waals surface area contributed by atoms with Crippen LogP contribution < -0.4 is 0 Å². The predicted octanol–water partition coefficient (Wildman–Crippen LogP) is 2.95. The van der Waals surface area contributed by atoms with E-state index in [1.165, 1.54) is 18.9 Å². The molecule has 1 aromatic carbocycles. The molecule has 5 heteroatoms. The Morgan fingerprint density at radius 3 is 2.75 bits per heavy atom. The number of aromatic amines is 1. The molecular formula is C15H17NO3S. The van der Waals surface area contributed by atoms with Gasteiger partial charge in [0.05, 0.1) is 18.1 Å². The molecule has 1 N–H and O–H groups in total. The second kappa shape index (κ2) is 6.13. The van der Waals surface area contributed by atoms with E-state index in [9.17, 15) is 9.59 Å². The Morgan fingerprint density at radius 2 is 2.05 bits per heavy atom. The normalized spacial score (nSPS) is 12.3. The number of esters is 1. The Morgan fingerprint density at radius 1 is 1.35 bits per heavy atom. The van der Waals surface area contributed by atoms with Gasteiger partial charge in [-0.25, -0.2) is 0 Å². The molecule has 1 heterocycles. The molecule has 0 radical (unpaired) electrons. The number of benzene rings is 1. The van der Waals surface area contributed by atoms with Crippen molar-refractivity contribution in [2.24, 2.45) is 0 Å². The Labute approximate surface area is 121 Å². The van der Waals surface area contributed by atoms with Crippen LogP contribution in [0.15, 0.2) is 24.3 Å². The first-order valence-corrected chi connectivity index (χ1v) is 7.39. The Balaban J connectivity index is 2.22. The van der Waals surface area contributed by atoms with Gasteiger partial charge in [-0.05, 0) is 19.9 Å². The van der Waals surface area contributed by atoms with Crippen LogP contribution in [-0.4, -0.2) is 34.8 Å². The lowest BCUT2D eigenvalue weighted by Gasteiger charge is -2.09. The molecule has 0 aliphatic rings. The summed E-state index contributed by atoms with van der Waals surface area (Å²) in [5.74, 6) is -0.0932. The number of ketones is 1. The highest BCUT2D eigenvalue weighted by atomic mass is 32.2. The van der Waals surface area contributed by atoms with E-state index in [1.807, 2.05) is 38.1 Å².